The van der Waals surface area contributed by atoms with Crippen molar-refractivity contribution in [3.63, 3.8) is 0 Å². The summed E-state index contributed by atoms with van der Waals surface area (Å²) >= 11 is 3.42. The summed E-state index contributed by atoms with van der Waals surface area (Å²) in [4.78, 5) is 11.5. The van der Waals surface area contributed by atoms with Crippen molar-refractivity contribution in [2.75, 3.05) is 6.54 Å². The Labute approximate surface area is 112 Å². The van der Waals surface area contributed by atoms with Gasteiger partial charge in [0.1, 0.15) is 5.78 Å². The Hall–Kier alpha value is -0.670. The Morgan fingerprint density at radius 2 is 1.82 bits per heavy atom. The van der Waals surface area contributed by atoms with E-state index in [1.165, 1.54) is 5.56 Å². The number of benzene rings is 1. The molecule has 0 spiro atoms. The molecule has 1 aromatic carbocycles. The molecule has 0 bridgehead atoms. The Bertz CT molecular complexity index is 359. The highest BCUT2D eigenvalue weighted by atomic mass is 79.9. The van der Waals surface area contributed by atoms with Gasteiger partial charge in [0, 0.05) is 29.4 Å². The van der Waals surface area contributed by atoms with Gasteiger partial charge in [-0.05, 0) is 24.6 Å². The number of carbonyl (C=O) groups is 1. The lowest BCUT2D eigenvalue weighted by Gasteiger charge is -2.14. The molecule has 1 rings (SSSR count). The molecule has 1 unspecified atom stereocenters. The van der Waals surface area contributed by atoms with Crippen molar-refractivity contribution in [3.8, 4) is 0 Å². The zero-order valence-corrected chi connectivity index (χ0v) is 12.3. The number of hydrogen-bond donors (Lipinski definition) is 1. The van der Waals surface area contributed by atoms with Gasteiger partial charge in [0.25, 0.3) is 0 Å². The van der Waals surface area contributed by atoms with Crippen LogP contribution in [0.3, 0.4) is 0 Å². The maximum Gasteiger partial charge on any atom is 0.136 e. The van der Waals surface area contributed by atoms with Gasteiger partial charge >= 0.3 is 0 Å². The molecule has 0 saturated heterocycles. The first kappa shape index (κ1) is 14.4. The minimum atomic E-state index is 0.139. The molecule has 0 aliphatic heterocycles. The van der Waals surface area contributed by atoms with Gasteiger partial charge in [0.05, 0.1) is 0 Å². The molecule has 2 nitrogen and oxygen atoms in total. The van der Waals surface area contributed by atoms with Gasteiger partial charge in [0.15, 0.2) is 0 Å². The van der Waals surface area contributed by atoms with E-state index in [9.17, 15) is 4.79 Å². The predicted molar refractivity (Wildman–Crippen MR) is 75.0 cm³/mol. The molecular weight excluding hydrogens is 278 g/mol. The van der Waals surface area contributed by atoms with Crippen LogP contribution < -0.4 is 5.32 Å². The highest BCUT2D eigenvalue weighted by molar-refractivity contribution is 9.10. The lowest BCUT2D eigenvalue weighted by Crippen LogP contribution is -2.23. The number of Topliss-reactive ketones (excluding diaryl/α,β-unsaturated/α-hetero) is 1. The molecule has 0 aliphatic rings. The molecule has 1 aromatic rings. The summed E-state index contributed by atoms with van der Waals surface area (Å²) in [5, 5.41) is 3.37. The number of rotatable bonds is 6. The zero-order chi connectivity index (χ0) is 12.8. The fraction of sp³-hybridized carbons (Fsp3) is 0.500. The summed E-state index contributed by atoms with van der Waals surface area (Å²) in [6.07, 6.45) is 0.610. The first-order chi connectivity index (χ1) is 8.00. The molecule has 0 amide bonds. The number of ketones is 1. The van der Waals surface area contributed by atoms with E-state index in [2.05, 4.69) is 40.3 Å². The van der Waals surface area contributed by atoms with Gasteiger partial charge in [-0.25, -0.2) is 0 Å². The maximum atomic E-state index is 11.5. The Kier molecular flexibility index (Phi) is 5.86. The van der Waals surface area contributed by atoms with Crippen molar-refractivity contribution >= 4 is 21.7 Å². The van der Waals surface area contributed by atoms with Crippen LogP contribution in [0.15, 0.2) is 28.7 Å². The minimum Gasteiger partial charge on any atom is -0.310 e. The van der Waals surface area contributed by atoms with E-state index < -0.39 is 0 Å². The van der Waals surface area contributed by atoms with E-state index in [-0.39, 0.29) is 12.0 Å². The largest absolute Gasteiger partial charge is 0.310 e. The van der Waals surface area contributed by atoms with E-state index in [1.807, 2.05) is 26.0 Å². The fourth-order valence-electron chi connectivity index (χ4n) is 1.57. The normalized spacial score (nSPS) is 12.8. The molecule has 0 aliphatic carbocycles. The second kappa shape index (κ2) is 6.92. The minimum absolute atomic E-state index is 0.139. The molecule has 1 N–H and O–H groups in total. The molecule has 0 saturated carbocycles. The van der Waals surface area contributed by atoms with Crippen LogP contribution in [0.2, 0.25) is 0 Å². The highest BCUT2D eigenvalue weighted by Crippen LogP contribution is 2.16. The molecule has 94 valence electrons. The SMILES string of the molecule is CC(C)C(=O)CCNC(C)c1ccc(Br)cc1. The summed E-state index contributed by atoms with van der Waals surface area (Å²) in [7, 11) is 0. The standard InChI is InChI=1S/C14H20BrNO/c1-10(2)14(17)8-9-16-11(3)12-4-6-13(15)7-5-12/h4-7,10-11,16H,8-9H2,1-3H3. The van der Waals surface area contributed by atoms with Crippen molar-refractivity contribution in [3.05, 3.63) is 34.3 Å². The number of nitrogens with one attached hydrogen (secondary N) is 1. The van der Waals surface area contributed by atoms with Gasteiger partial charge in [-0.3, -0.25) is 4.79 Å². The molecule has 0 fully saturated rings. The molecule has 0 aromatic heterocycles. The summed E-state index contributed by atoms with van der Waals surface area (Å²) in [6, 6.07) is 8.53. The zero-order valence-electron chi connectivity index (χ0n) is 10.7. The first-order valence-electron chi connectivity index (χ1n) is 6.02. The van der Waals surface area contributed by atoms with Crippen molar-refractivity contribution in [2.45, 2.75) is 33.2 Å². The highest BCUT2D eigenvalue weighted by Gasteiger charge is 2.08. The van der Waals surface area contributed by atoms with E-state index in [4.69, 9.17) is 0 Å². The number of halogens is 1. The summed E-state index contributed by atoms with van der Waals surface area (Å²) < 4.78 is 1.09. The van der Waals surface area contributed by atoms with E-state index in [0.29, 0.717) is 12.2 Å². The lowest BCUT2D eigenvalue weighted by atomic mass is 10.1. The molecule has 0 radical (unpaired) electrons. The van der Waals surface area contributed by atoms with Crippen LogP contribution in [0.5, 0.6) is 0 Å². The second-order valence-corrected chi connectivity index (χ2v) is 5.51. The van der Waals surface area contributed by atoms with Crippen molar-refractivity contribution in [2.24, 2.45) is 5.92 Å². The third-order valence-electron chi connectivity index (χ3n) is 2.84. The molecular formula is C14H20BrNO. The van der Waals surface area contributed by atoms with Gasteiger partial charge < -0.3 is 5.32 Å². The first-order valence-corrected chi connectivity index (χ1v) is 6.81. The summed E-state index contributed by atoms with van der Waals surface area (Å²) in [5.41, 5.74) is 1.24. The Balaban J connectivity index is 2.37. The third-order valence-corrected chi connectivity index (χ3v) is 3.36. The van der Waals surface area contributed by atoms with Crippen LogP contribution in [0, 0.1) is 5.92 Å². The molecule has 17 heavy (non-hydrogen) atoms. The van der Waals surface area contributed by atoms with Gasteiger partial charge in [-0.15, -0.1) is 0 Å². The number of carbonyl (C=O) groups excluding carboxylic acids is 1. The van der Waals surface area contributed by atoms with Crippen LogP contribution in [-0.2, 0) is 4.79 Å². The van der Waals surface area contributed by atoms with Crippen LogP contribution in [0.1, 0.15) is 38.8 Å². The van der Waals surface area contributed by atoms with E-state index in [0.717, 1.165) is 11.0 Å². The Morgan fingerprint density at radius 3 is 2.35 bits per heavy atom. The predicted octanol–water partition coefficient (Wildman–Crippen LogP) is 3.71. The second-order valence-electron chi connectivity index (χ2n) is 4.60. The average molecular weight is 298 g/mol. The quantitative estimate of drug-likeness (QED) is 0.867. The number of hydrogen-bond acceptors (Lipinski definition) is 2. The van der Waals surface area contributed by atoms with Crippen LogP contribution in [0.4, 0.5) is 0 Å². The smallest absolute Gasteiger partial charge is 0.136 e. The topological polar surface area (TPSA) is 29.1 Å². The fourth-order valence-corrected chi connectivity index (χ4v) is 1.83. The summed E-state index contributed by atoms with van der Waals surface area (Å²) in [5.74, 6) is 0.459. The summed E-state index contributed by atoms with van der Waals surface area (Å²) in [6.45, 7) is 6.75. The van der Waals surface area contributed by atoms with Crippen LogP contribution in [-0.4, -0.2) is 12.3 Å². The monoisotopic (exact) mass is 297 g/mol. The lowest BCUT2D eigenvalue weighted by molar-refractivity contribution is -0.121. The van der Waals surface area contributed by atoms with Gasteiger partial charge in [-0.2, -0.15) is 0 Å². The van der Waals surface area contributed by atoms with Crippen molar-refractivity contribution in [1.82, 2.24) is 5.32 Å². The molecule has 1 atom stereocenters. The van der Waals surface area contributed by atoms with Crippen LogP contribution in [0.25, 0.3) is 0 Å². The molecule has 3 heteroatoms. The molecule has 0 heterocycles. The maximum absolute atomic E-state index is 11.5. The van der Waals surface area contributed by atoms with Gasteiger partial charge in [0.2, 0.25) is 0 Å². The van der Waals surface area contributed by atoms with E-state index in [1.54, 1.807) is 0 Å². The average Bonchev–Trinajstić information content (AvgIpc) is 2.29. The van der Waals surface area contributed by atoms with Crippen molar-refractivity contribution in [1.29, 1.82) is 0 Å². The van der Waals surface area contributed by atoms with E-state index >= 15 is 0 Å². The van der Waals surface area contributed by atoms with Gasteiger partial charge in [-0.1, -0.05) is 41.9 Å². The van der Waals surface area contributed by atoms with Crippen molar-refractivity contribution < 1.29 is 4.79 Å². The Morgan fingerprint density at radius 1 is 1.24 bits per heavy atom. The van der Waals surface area contributed by atoms with Crippen LogP contribution >= 0.6 is 15.9 Å². The third kappa shape index (κ3) is 5.00.